The summed E-state index contributed by atoms with van der Waals surface area (Å²) in [6.45, 7) is 1.87. The van der Waals surface area contributed by atoms with E-state index in [1.807, 2.05) is 13.0 Å². The summed E-state index contributed by atoms with van der Waals surface area (Å²) in [4.78, 5) is 12.4. The molecule has 0 spiro atoms. The molecule has 2 aromatic rings. The molecule has 21 heavy (non-hydrogen) atoms. The van der Waals surface area contributed by atoms with Crippen molar-refractivity contribution in [2.24, 2.45) is 0 Å². The first-order valence-corrected chi connectivity index (χ1v) is 9.25. The predicted octanol–water partition coefficient (Wildman–Crippen LogP) is 2.28. The summed E-state index contributed by atoms with van der Waals surface area (Å²) in [5.74, 6) is 0.574. The summed E-state index contributed by atoms with van der Waals surface area (Å²) in [5.41, 5.74) is 0.786. The van der Waals surface area contributed by atoms with Crippen molar-refractivity contribution in [2.45, 2.75) is 22.9 Å². The summed E-state index contributed by atoms with van der Waals surface area (Å²) in [5, 5.41) is 0.855. The lowest BCUT2D eigenvalue weighted by Gasteiger charge is -2.14. The number of aryl methyl sites for hydroxylation is 1. The van der Waals surface area contributed by atoms with Gasteiger partial charge in [-0.2, -0.15) is 0 Å². The summed E-state index contributed by atoms with van der Waals surface area (Å²) in [6, 6.07) is 11.6. The summed E-state index contributed by atoms with van der Waals surface area (Å²) in [7, 11) is -3.39. The molecule has 110 valence electrons. The third-order valence-electron chi connectivity index (χ3n) is 3.48. The van der Waals surface area contributed by atoms with Crippen LogP contribution in [0.25, 0.3) is 0 Å². The van der Waals surface area contributed by atoms with Crippen LogP contribution in [0.4, 0.5) is 0 Å². The van der Waals surface area contributed by atoms with E-state index < -0.39 is 9.84 Å². The van der Waals surface area contributed by atoms with Crippen LogP contribution in [0.2, 0.25) is 0 Å². The number of nitrogens with zero attached hydrogens (tertiary/aromatic N) is 1. The quantitative estimate of drug-likeness (QED) is 0.870. The molecule has 1 aromatic carbocycles. The zero-order chi connectivity index (χ0) is 15.0. The van der Waals surface area contributed by atoms with Crippen molar-refractivity contribution in [3.05, 3.63) is 58.4 Å². The Hall–Kier alpha value is -1.53. The Morgan fingerprint density at radius 1 is 1.24 bits per heavy atom. The molecule has 6 heteroatoms. The summed E-state index contributed by atoms with van der Waals surface area (Å²) in [6.07, 6.45) is 0. The third-order valence-corrected chi connectivity index (χ3v) is 6.46. The van der Waals surface area contributed by atoms with Gasteiger partial charge >= 0.3 is 0 Å². The Morgan fingerprint density at radius 3 is 2.67 bits per heavy atom. The number of hydrogen-bond donors (Lipinski definition) is 0. The highest BCUT2D eigenvalue weighted by molar-refractivity contribution is 7.99. The molecule has 0 saturated heterocycles. The average Bonchev–Trinajstić information content (AvgIpc) is 2.82. The van der Waals surface area contributed by atoms with Crippen molar-refractivity contribution in [3.8, 4) is 0 Å². The number of aromatic nitrogens is 1. The molecule has 1 aromatic heterocycles. The second kappa shape index (κ2) is 5.35. The van der Waals surface area contributed by atoms with E-state index in [9.17, 15) is 13.2 Å². The maximum absolute atomic E-state index is 12.5. The maximum Gasteiger partial charge on any atom is 0.251 e. The third kappa shape index (κ3) is 2.78. The SMILES string of the molecule is Cc1cc2n(c(=O)c1)[C@@H](CS(=O)(=O)c1ccccc1)CS2. The lowest BCUT2D eigenvalue weighted by molar-refractivity contribution is 0.539. The lowest BCUT2D eigenvalue weighted by Crippen LogP contribution is -2.28. The van der Waals surface area contributed by atoms with Crippen LogP contribution in [0.3, 0.4) is 0 Å². The first-order chi connectivity index (χ1) is 9.97. The van der Waals surface area contributed by atoms with Gasteiger partial charge in [0.2, 0.25) is 0 Å². The highest BCUT2D eigenvalue weighted by atomic mass is 32.2. The van der Waals surface area contributed by atoms with E-state index in [1.165, 1.54) is 11.8 Å². The van der Waals surface area contributed by atoms with Crippen molar-refractivity contribution in [1.29, 1.82) is 0 Å². The van der Waals surface area contributed by atoms with Gasteiger partial charge in [0.1, 0.15) is 0 Å². The highest BCUT2D eigenvalue weighted by Gasteiger charge is 2.29. The monoisotopic (exact) mass is 321 g/mol. The van der Waals surface area contributed by atoms with Gasteiger partial charge in [0.05, 0.1) is 21.7 Å². The van der Waals surface area contributed by atoms with E-state index >= 15 is 0 Å². The van der Waals surface area contributed by atoms with Crippen LogP contribution >= 0.6 is 11.8 Å². The number of hydrogen-bond acceptors (Lipinski definition) is 4. The van der Waals surface area contributed by atoms with Crippen molar-refractivity contribution in [1.82, 2.24) is 4.57 Å². The Kier molecular flexibility index (Phi) is 3.67. The number of rotatable bonds is 3. The summed E-state index contributed by atoms with van der Waals surface area (Å²) >= 11 is 1.54. The molecule has 1 atom stereocenters. The van der Waals surface area contributed by atoms with Gasteiger partial charge in [-0.15, -0.1) is 11.8 Å². The molecule has 0 unspecified atom stereocenters. The van der Waals surface area contributed by atoms with Crippen molar-refractivity contribution >= 4 is 21.6 Å². The minimum atomic E-state index is -3.39. The van der Waals surface area contributed by atoms with Gasteiger partial charge in [-0.25, -0.2) is 8.42 Å². The van der Waals surface area contributed by atoms with Gasteiger partial charge in [0.15, 0.2) is 9.84 Å². The van der Waals surface area contributed by atoms with Crippen LogP contribution in [0, 0.1) is 6.92 Å². The van der Waals surface area contributed by atoms with Crippen LogP contribution in [-0.2, 0) is 9.84 Å². The number of thioether (sulfide) groups is 1. The van der Waals surface area contributed by atoms with Crippen LogP contribution < -0.4 is 5.56 Å². The largest absolute Gasteiger partial charge is 0.298 e. The van der Waals surface area contributed by atoms with E-state index in [4.69, 9.17) is 0 Å². The van der Waals surface area contributed by atoms with Gasteiger partial charge in [-0.05, 0) is 30.7 Å². The van der Waals surface area contributed by atoms with Crippen molar-refractivity contribution in [3.63, 3.8) is 0 Å². The Labute approximate surface area is 127 Å². The van der Waals surface area contributed by atoms with Gasteiger partial charge in [-0.3, -0.25) is 9.36 Å². The molecule has 0 fully saturated rings. The molecule has 4 nitrogen and oxygen atoms in total. The van der Waals surface area contributed by atoms with Crippen LogP contribution in [0.15, 0.2) is 57.2 Å². The minimum absolute atomic E-state index is 0.0417. The van der Waals surface area contributed by atoms with Gasteiger partial charge < -0.3 is 0 Å². The van der Waals surface area contributed by atoms with E-state index in [1.54, 1.807) is 41.0 Å². The van der Waals surface area contributed by atoms with Crippen LogP contribution in [-0.4, -0.2) is 24.5 Å². The van der Waals surface area contributed by atoms with E-state index in [2.05, 4.69) is 0 Å². The Morgan fingerprint density at radius 2 is 1.95 bits per heavy atom. The topological polar surface area (TPSA) is 56.1 Å². The van der Waals surface area contributed by atoms with E-state index in [0.29, 0.717) is 10.6 Å². The molecule has 3 rings (SSSR count). The molecular weight excluding hydrogens is 306 g/mol. The average molecular weight is 321 g/mol. The fraction of sp³-hybridized carbons (Fsp3) is 0.267. The second-order valence-corrected chi connectivity index (χ2v) is 8.21. The zero-order valence-corrected chi connectivity index (χ0v) is 13.2. The fourth-order valence-corrected chi connectivity index (χ4v) is 5.47. The molecule has 0 amide bonds. The number of benzene rings is 1. The van der Waals surface area contributed by atoms with Crippen LogP contribution in [0.5, 0.6) is 0 Å². The Bertz CT molecular complexity index is 826. The zero-order valence-electron chi connectivity index (χ0n) is 11.5. The molecule has 0 aliphatic carbocycles. The standard InChI is InChI=1S/C15H15NO3S2/c1-11-7-14(17)16-12(9-20-15(16)8-11)10-21(18,19)13-5-3-2-4-6-13/h2-8,12H,9-10H2,1H3/t12-/m1/s1. The lowest BCUT2D eigenvalue weighted by atomic mass is 10.3. The Balaban J connectivity index is 1.95. The normalized spacial score (nSPS) is 17.7. The highest BCUT2D eigenvalue weighted by Crippen LogP contribution is 2.33. The molecule has 0 bridgehead atoms. The number of pyridine rings is 1. The first kappa shape index (κ1) is 14.4. The molecule has 1 aliphatic rings. The molecule has 2 heterocycles. The molecule has 0 radical (unpaired) electrons. The van der Waals surface area contributed by atoms with Crippen LogP contribution in [0.1, 0.15) is 11.6 Å². The first-order valence-electron chi connectivity index (χ1n) is 6.61. The van der Waals surface area contributed by atoms with Gasteiger partial charge in [0, 0.05) is 11.8 Å². The fourth-order valence-electron chi connectivity index (χ4n) is 2.51. The van der Waals surface area contributed by atoms with E-state index in [0.717, 1.165) is 10.6 Å². The minimum Gasteiger partial charge on any atom is -0.298 e. The van der Waals surface area contributed by atoms with Gasteiger partial charge in [0.25, 0.3) is 5.56 Å². The molecule has 0 saturated carbocycles. The molecule has 0 N–H and O–H groups in total. The van der Waals surface area contributed by atoms with Crippen molar-refractivity contribution < 1.29 is 8.42 Å². The maximum atomic E-state index is 12.5. The van der Waals surface area contributed by atoms with Gasteiger partial charge in [-0.1, -0.05) is 18.2 Å². The number of fused-ring (bicyclic) bond motifs is 1. The molecular formula is C15H15NO3S2. The number of sulfone groups is 1. The van der Waals surface area contributed by atoms with Crippen molar-refractivity contribution in [2.75, 3.05) is 11.5 Å². The predicted molar refractivity (Wildman–Crippen MR) is 83.7 cm³/mol. The second-order valence-electron chi connectivity index (χ2n) is 5.14. The van der Waals surface area contributed by atoms with E-state index in [-0.39, 0.29) is 17.4 Å². The molecule has 1 aliphatic heterocycles. The summed E-state index contributed by atoms with van der Waals surface area (Å²) < 4.78 is 26.5. The smallest absolute Gasteiger partial charge is 0.251 e.